The smallest absolute Gasteiger partial charge is 0.222 e. The number of aromatic nitrogens is 2. The third-order valence-electron chi connectivity index (χ3n) is 3.20. The van der Waals surface area contributed by atoms with E-state index in [0.29, 0.717) is 19.6 Å². The summed E-state index contributed by atoms with van der Waals surface area (Å²) in [5, 5.41) is 6.98. The van der Waals surface area contributed by atoms with Crippen molar-refractivity contribution in [2.45, 2.75) is 44.5 Å². The lowest BCUT2D eigenvalue weighted by atomic mass is 9.83. The van der Waals surface area contributed by atoms with Crippen LogP contribution >= 0.6 is 0 Å². The molecule has 0 radical (unpaired) electrons. The number of hydrogen-bond donors (Lipinski definition) is 2. The van der Waals surface area contributed by atoms with Gasteiger partial charge in [0.1, 0.15) is 0 Å². The first-order valence-electron chi connectivity index (χ1n) is 6.34. The van der Waals surface area contributed by atoms with Gasteiger partial charge < -0.3 is 15.8 Å². The number of nitrogens with two attached hydrogens (primary N) is 1. The van der Waals surface area contributed by atoms with E-state index in [-0.39, 0.29) is 24.1 Å². The molecule has 1 aliphatic rings. The highest BCUT2D eigenvalue weighted by atomic mass is 16.5. The van der Waals surface area contributed by atoms with Crippen LogP contribution in [0.1, 0.15) is 19.8 Å². The van der Waals surface area contributed by atoms with Gasteiger partial charge in [-0.1, -0.05) is 0 Å². The van der Waals surface area contributed by atoms with Crippen LogP contribution in [0.2, 0.25) is 0 Å². The fourth-order valence-electron chi connectivity index (χ4n) is 2.13. The Kier molecular flexibility index (Phi) is 4.33. The lowest BCUT2D eigenvalue weighted by Gasteiger charge is -2.42. The van der Waals surface area contributed by atoms with Gasteiger partial charge in [-0.05, 0) is 19.4 Å². The molecule has 1 saturated carbocycles. The molecule has 6 nitrogen and oxygen atoms in total. The van der Waals surface area contributed by atoms with E-state index in [0.717, 1.165) is 6.42 Å². The summed E-state index contributed by atoms with van der Waals surface area (Å²) in [7, 11) is 0. The van der Waals surface area contributed by atoms with Crippen LogP contribution in [0.4, 0.5) is 0 Å². The van der Waals surface area contributed by atoms with Crippen LogP contribution in [0, 0.1) is 0 Å². The zero-order valence-corrected chi connectivity index (χ0v) is 10.6. The molecule has 6 heteroatoms. The topological polar surface area (TPSA) is 82.2 Å². The van der Waals surface area contributed by atoms with E-state index in [1.165, 1.54) is 0 Å². The van der Waals surface area contributed by atoms with Crippen molar-refractivity contribution in [2.24, 2.45) is 5.73 Å². The van der Waals surface area contributed by atoms with E-state index in [1.807, 2.05) is 19.2 Å². The van der Waals surface area contributed by atoms with E-state index in [1.54, 1.807) is 10.9 Å². The molecule has 100 valence electrons. The second kappa shape index (κ2) is 5.97. The van der Waals surface area contributed by atoms with Gasteiger partial charge in [-0.3, -0.25) is 9.48 Å². The number of hydrogen-bond acceptors (Lipinski definition) is 4. The Balaban J connectivity index is 1.73. The number of amides is 1. The Hall–Kier alpha value is -1.40. The molecule has 0 aliphatic heterocycles. The fraction of sp³-hybridized carbons (Fsp3) is 0.667. The zero-order valence-electron chi connectivity index (χ0n) is 10.6. The van der Waals surface area contributed by atoms with E-state index in [9.17, 15) is 4.79 Å². The highest BCUT2D eigenvalue weighted by Crippen LogP contribution is 2.22. The molecular formula is C12H20N4O2. The maximum Gasteiger partial charge on any atom is 0.222 e. The Morgan fingerprint density at radius 1 is 1.67 bits per heavy atom. The Labute approximate surface area is 106 Å². The molecular weight excluding hydrogens is 232 g/mol. The van der Waals surface area contributed by atoms with Gasteiger partial charge in [-0.25, -0.2) is 0 Å². The third-order valence-corrected chi connectivity index (χ3v) is 3.20. The molecule has 2 rings (SSSR count). The van der Waals surface area contributed by atoms with Crippen molar-refractivity contribution in [3.63, 3.8) is 0 Å². The number of carbonyl (C=O) groups is 1. The summed E-state index contributed by atoms with van der Waals surface area (Å²) < 4.78 is 7.24. The summed E-state index contributed by atoms with van der Waals surface area (Å²) in [4.78, 5) is 11.8. The van der Waals surface area contributed by atoms with Crippen LogP contribution in [0.5, 0.6) is 0 Å². The van der Waals surface area contributed by atoms with Crippen molar-refractivity contribution in [1.82, 2.24) is 15.1 Å². The molecule has 1 aliphatic carbocycles. The van der Waals surface area contributed by atoms with Crippen molar-refractivity contribution in [3.8, 4) is 0 Å². The SMILES string of the molecule is CCOC1CC(N)C1NC(=O)CCn1cccn1. The Morgan fingerprint density at radius 2 is 2.50 bits per heavy atom. The highest BCUT2D eigenvalue weighted by Gasteiger charge is 2.40. The minimum atomic E-state index is -0.0462. The average molecular weight is 252 g/mol. The quantitative estimate of drug-likeness (QED) is 0.740. The van der Waals surface area contributed by atoms with Crippen LogP contribution in [0.3, 0.4) is 0 Å². The molecule has 0 bridgehead atoms. The molecule has 0 aromatic carbocycles. The van der Waals surface area contributed by atoms with Gasteiger partial charge in [0.05, 0.1) is 12.1 Å². The van der Waals surface area contributed by atoms with Crippen LogP contribution in [-0.4, -0.2) is 40.5 Å². The molecule has 3 unspecified atom stereocenters. The average Bonchev–Trinajstić information content (AvgIpc) is 2.86. The minimum absolute atomic E-state index is 0.00430. The van der Waals surface area contributed by atoms with Crippen molar-refractivity contribution >= 4 is 5.91 Å². The molecule has 1 heterocycles. The first kappa shape index (κ1) is 13.0. The van der Waals surface area contributed by atoms with Gasteiger partial charge in [0.15, 0.2) is 0 Å². The number of aryl methyl sites for hydroxylation is 1. The van der Waals surface area contributed by atoms with Gasteiger partial charge >= 0.3 is 0 Å². The van der Waals surface area contributed by atoms with Gasteiger partial charge in [-0.15, -0.1) is 0 Å². The van der Waals surface area contributed by atoms with Gasteiger partial charge in [0.25, 0.3) is 0 Å². The molecule has 3 N–H and O–H groups in total. The maximum absolute atomic E-state index is 11.8. The molecule has 1 aromatic rings. The van der Waals surface area contributed by atoms with Crippen molar-refractivity contribution in [1.29, 1.82) is 0 Å². The Morgan fingerprint density at radius 3 is 3.11 bits per heavy atom. The summed E-state index contributed by atoms with van der Waals surface area (Å²) in [5.74, 6) is -0.00430. The molecule has 0 saturated heterocycles. The summed E-state index contributed by atoms with van der Waals surface area (Å²) in [6, 6.07) is 1.80. The van der Waals surface area contributed by atoms with E-state index in [4.69, 9.17) is 10.5 Å². The van der Waals surface area contributed by atoms with Crippen molar-refractivity contribution in [2.75, 3.05) is 6.61 Å². The standard InChI is InChI=1S/C12H20N4O2/c1-2-18-10-8-9(13)12(10)15-11(17)4-7-16-6-3-5-14-16/h3,5-6,9-10,12H,2,4,7-8,13H2,1H3,(H,15,17). The third kappa shape index (κ3) is 3.08. The number of nitrogens with zero attached hydrogens (tertiary/aromatic N) is 2. The second-order valence-corrected chi connectivity index (χ2v) is 4.51. The van der Waals surface area contributed by atoms with E-state index >= 15 is 0 Å². The van der Waals surface area contributed by atoms with Gasteiger partial charge in [0.2, 0.25) is 5.91 Å². The number of rotatable bonds is 6. The summed E-state index contributed by atoms with van der Waals surface area (Å²) >= 11 is 0. The largest absolute Gasteiger partial charge is 0.376 e. The van der Waals surface area contributed by atoms with Gasteiger partial charge in [-0.2, -0.15) is 5.10 Å². The number of nitrogens with one attached hydrogen (secondary N) is 1. The summed E-state index contributed by atoms with van der Waals surface area (Å²) in [6.07, 6.45) is 4.83. The predicted molar refractivity (Wildman–Crippen MR) is 66.8 cm³/mol. The molecule has 1 fully saturated rings. The predicted octanol–water partition coefficient (Wildman–Crippen LogP) is -0.106. The normalized spacial score (nSPS) is 26.7. The van der Waals surface area contributed by atoms with Crippen LogP contribution in [-0.2, 0) is 16.1 Å². The monoisotopic (exact) mass is 252 g/mol. The van der Waals surface area contributed by atoms with Gasteiger partial charge in [0, 0.05) is 38.0 Å². The lowest BCUT2D eigenvalue weighted by Crippen LogP contribution is -2.64. The van der Waals surface area contributed by atoms with Crippen LogP contribution < -0.4 is 11.1 Å². The maximum atomic E-state index is 11.8. The summed E-state index contributed by atoms with van der Waals surface area (Å²) in [6.45, 7) is 3.18. The molecule has 0 spiro atoms. The second-order valence-electron chi connectivity index (χ2n) is 4.51. The first-order valence-corrected chi connectivity index (χ1v) is 6.34. The number of carbonyl (C=O) groups excluding carboxylic acids is 1. The molecule has 1 aromatic heterocycles. The van der Waals surface area contributed by atoms with Crippen LogP contribution in [0.15, 0.2) is 18.5 Å². The molecule has 1 amide bonds. The minimum Gasteiger partial charge on any atom is -0.376 e. The van der Waals surface area contributed by atoms with Crippen LogP contribution in [0.25, 0.3) is 0 Å². The highest BCUT2D eigenvalue weighted by molar-refractivity contribution is 5.76. The number of ether oxygens (including phenoxy) is 1. The van der Waals surface area contributed by atoms with Crippen molar-refractivity contribution < 1.29 is 9.53 Å². The summed E-state index contributed by atoms with van der Waals surface area (Å²) in [5.41, 5.74) is 5.87. The zero-order chi connectivity index (χ0) is 13.0. The molecule has 3 atom stereocenters. The fourth-order valence-corrected chi connectivity index (χ4v) is 2.13. The van der Waals surface area contributed by atoms with Crippen molar-refractivity contribution in [3.05, 3.63) is 18.5 Å². The first-order chi connectivity index (χ1) is 8.70. The lowest BCUT2D eigenvalue weighted by molar-refractivity contribution is -0.126. The van der Waals surface area contributed by atoms with E-state index in [2.05, 4.69) is 10.4 Å². The Bertz CT molecular complexity index is 377. The molecule has 18 heavy (non-hydrogen) atoms. The van der Waals surface area contributed by atoms with E-state index < -0.39 is 0 Å².